The molecule has 0 saturated carbocycles. The number of alkyl halides is 3. The van der Waals surface area contributed by atoms with Crippen LogP contribution in [0.2, 0.25) is 0 Å². The van der Waals surface area contributed by atoms with Crippen LogP contribution in [-0.2, 0) is 11.3 Å². The second-order valence-electron chi connectivity index (χ2n) is 6.01. The Kier molecular flexibility index (Phi) is 8.26. The average molecular weight is 473 g/mol. The number of para-hydroxylation sites is 1. The summed E-state index contributed by atoms with van der Waals surface area (Å²) in [5.41, 5.74) is 0.429. The van der Waals surface area contributed by atoms with Gasteiger partial charge in [0.25, 0.3) is 0 Å². The molecular weight excluding hydrogens is 450 g/mol. The number of guanidine groups is 1. The molecule has 5 nitrogen and oxygen atoms in total. The molecule has 0 radical (unpaired) electrons. The Balaban J connectivity index is 0.00000312. The number of ether oxygens (including phenoxy) is 2. The van der Waals surface area contributed by atoms with Crippen molar-refractivity contribution in [3.8, 4) is 5.75 Å². The molecule has 0 unspecified atom stereocenters. The molecule has 1 aliphatic rings. The summed E-state index contributed by atoms with van der Waals surface area (Å²) in [6, 6.07) is 6.00. The first-order chi connectivity index (χ1) is 11.3. The van der Waals surface area contributed by atoms with Crippen LogP contribution >= 0.6 is 24.0 Å². The van der Waals surface area contributed by atoms with E-state index in [2.05, 4.69) is 27.3 Å². The average Bonchev–Trinajstić information content (AvgIpc) is 2.48. The first-order valence-corrected chi connectivity index (χ1v) is 7.75. The van der Waals surface area contributed by atoms with E-state index in [0.717, 1.165) is 0 Å². The highest BCUT2D eigenvalue weighted by atomic mass is 127. The fourth-order valence-electron chi connectivity index (χ4n) is 2.21. The zero-order valence-electron chi connectivity index (χ0n) is 14.2. The molecule has 2 N–H and O–H groups in total. The number of nitrogens with one attached hydrogen (secondary N) is 2. The van der Waals surface area contributed by atoms with E-state index in [0.29, 0.717) is 37.8 Å². The molecule has 142 valence electrons. The summed E-state index contributed by atoms with van der Waals surface area (Å²) >= 11 is 0. The predicted octanol–water partition coefficient (Wildman–Crippen LogP) is 3.29. The van der Waals surface area contributed by atoms with Gasteiger partial charge in [0.15, 0.2) is 5.96 Å². The first kappa shape index (κ1) is 21.8. The summed E-state index contributed by atoms with van der Waals surface area (Å²) in [7, 11) is 0. The van der Waals surface area contributed by atoms with Crippen molar-refractivity contribution in [3.05, 3.63) is 29.8 Å². The van der Waals surface area contributed by atoms with Gasteiger partial charge in [0, 0.05) is 24.1 Å². The molecule has 1 saturated heterocycles. The second kappa shape index (κ2) is 9.46. The maximum atomic E-state index is 12.4. The van der Waals surface area contributed by atoms with Gasteiger partial charge in [-0.2, -0.15) is 0 Å². The molecule has 1 fully saturated rings. The molecule has 2 rings (SSSR count). The van der Waals surface area contributed by atoms with Crippen LogP contribution in [0.5, 0.6) is 5.75 Å². The fourth-order valence-corrected chi connectivity index (χ4v) is 2.21. The van der Waals surface area contributed by atoms with E-state index in [-0.39, 0.29) is 41.7 Å². The van der Waals surface area contributed by atoms with E-state index in [9.17, 15) is 13.2 Å². The van der Waals surface area contributed by atoms with Gasteiger partial charge in [0.1, 0.15) is 5.75 Å². The molecule has 0 aromatic heterocycles. The highest BCUT2D eigenvalue weighted by molar-refractivity contribution is 14.0. The molecule has 0 amide bonds. The molecular formula is C16H23F3IN3O2. The van der Waals surface area contributed by atoms with Crippen molar-refractivity contribution in [2.24, 2.45) is 10.4 Å². The molecule has 0 bridgehead atoms. The molecule has 9 heteroatoms. The Hall–Kier alpha value is -1.23. The number of nitrogens with zero attached hydrogens (tertiary/aromatic N) is 1. The third-order valence-electron chi connectivity index (χ3n) is 3.53. The SMILES string of the molecule is CCNC(=NCc1ccccc1OC(F)(F)F)NCC1(C)COC1.I. The summed E-state index contributed by atoms with van der Waals surface area (Å²) in [5.74, 6) is 0.316. The number of halogens is 4. The Bertz CT molecular complexity index is 578. The molecule has 25 heavy (non-hydrogen) atoms. The van der Waals surface area contributed by atoms with Gasteiger partial charge < -0.3 is 20.1 Å². The lowest BCUT2D eigenvalue weighted by molar-refractivity contribution is -0.274. The number of hydrogen-bond acceptors (Lipinski definition) is 3. The van der Waals surface area contributed by atoms with Crippen molar-refractivity contribution in [2.45, 2.75) is 26.8 Å². The summed E-state index contributed by atoms with van der Waals surface area (Å²) in [6.45, 7) is 6.79. The van der Waals surface area contributed by atoms with Crippen LogP contribution in [0.1, 0.15) is 19.4 Å². The monoisotopic (exact) mass is 473 g/mol. The van der Waals surface area contributed by atoms with Gasteiger partial charge in [-0.25, -0.2) is 4.99 Å². The topological polar surface area (TPSA) is 54.9 Å². The van der Waals surface area contributed by atoms with Crippen LogP contribution in [0.15, 0.2) is 29.3 Å². The highest BCUT2D eigenvalue weighted by Gasteiger charge is 2.33. The van der Waals surface area contributed by atoms with Crippen molar-refractivity contribution in [2.75, 3.05) is 26.3 Å². The Morgan fingerprint density at radius 2 is 1.96 bits per heavy atom. The van der Waals surface area contributed by atoms with Gasteiger partial charge in [-0.15, -0.1) is 37.1 Å². The number of benzene rings is 1. The van der Waals surface area contributed by atoms with E-state index in [1.807, 2.05) is 6.92 Å². The number of hydrogen-bond donors (Lipinski definition) is 2. The minimum absolute atomic E-state index is 0. The lowest BCUT2D eigenvalue weighted by Gasteiger charge is -2.38. The summed E-state index contributed by atoms with van der Waals surface area (Å²) in [6.07, 6.45) is -4.72. The third kappa shape index (κ3) is 7.27. The van der Waals surface area contributed by atoms with Crippen molar-refractivity contribution in [3.63, 3.8) is 0 Å². The standard InChI is InChI=1S/C16H22F3N3O2.HI/c1-3-20-14(22-9-15(2)10-23-11-15)21-8-12-6-4-5-7-13(12)24-16(17,18)19;/h4-7H,3,8-11H2,1-2H3,(H2,20,21,22);1H. The number of rotatable bonds is 6. The fraction of sp³-hybridized carbons (Fsp3) is 0.562. The minimum atomic E-state index is -4.72. The summed E-state index contributed by atoms with van der Waals surface area (Å²) < 4.78 is 46.6. The van der Waals surface area contributed by atoms with E-state index in [4.69, 9.17) is 4.74 Å². The van der Waals surface area contributed by atoms with Gasteiger partial charge in [0.05, 0.1) is 19.8 Å². The van der Waals surface area contributed by atoms with E-state index in [1.165, 1.54) is 12.1 Å². The van der Waals surface area contributed by atoms with Crippen LogP contribution in [0.25, 0.3) is 0 Å². The lowest BCUT2D eigenvalue weighted by Crippen LogP contribution is -2.51. The van der Waals surface area contributed by atoms with Crippen LogP contribution in [0.3, 0.4) is 0 Å². The zero-order chi connectivity index (χ0) is 17.6. The maximum absolute atomic E-state index is 12.4. The van der Waals surface area contributed by atoms with Gasteiger partial charge in [0.2, 0.25) is 0 Å². The van der Waals surface area contributed by atoms with Crippen molar-refractivity contribution in [1.82, 2.24) is 10.6 Å². The smallest absolute Gasteiger partial charge is 0.405 e. The number of aliphatic imine (C=N–C) groups is 1. The largest absolute Gasteiger partial charge is 0.573 e. The Morgan fingerprint density at radius 3 is 2.52 bits per heavy atom. The molecule has 0 spiro atoms. The van der Waals surface area contributed by atoms with Crippen LogP contribution in [0.4, 0.5) is 13.2 Å². The van der Waals surface area contributed by atoms with E-state index >= 15 is 0 Å². The quantitative estimate of drug-likeness (QED) is 0.379. The van der Waals surface area contributed by atoms with Crippen molar-refractivity contribution >= 4 is 29.9 Å². The summed E-state index contributed by atoms with van der Waals surface area (Å²) in [4.78, 5) is 4.34. The minimum Gasteiger partial charge on any atom is -0.405 e. The summed E-state index contributed by atoms with van der Waals surface area (Å²) in [5, 5.41) is 6.27. The van der Waals surface area contributed by atoms with E-state index < -0.39 is 6.36 Å². The molecule has 0 aliphatic carbocycles. The maximum Gasteiger partial charge on any atom is 0.573 e. The van der Waals surface area contributed by atoms with Gasteiger partial charge in [-0.05, 0) is 13.0 Å². The third-order valence-corrected chi connectivity index (χ3v) is 3.53. The normalized spacial score (nSPS) is 16.4. The molecule has 1 aliphatic heterocycles. The molecule has 1 heterocycles. The van der Waals surface area contributed by atoms with Crippen LogP contribution in [0, 0.1) is 5.41 Å². The lowest BCUT2D eigenvalue weighted by atomic mass is 9.89. The van der Waals surface area contributed by atoms with Gasteiger partial charge in [-0.1, -0.05) is 25.1 Å². The molecule has 0 atom stereocenters. The Morgan fingerprint density at radius 1 is 1.28 bits per heavy atom. The predicted molar refractivity (Wildman–Crippen MR) is 100 cm³/mol. The highest BCUT2D eigenvalue weighted by Crippen LogP contribution is 2.27. The van der Waals surface area contributed by atoms with Gasteiger partial charge >= 0.3 is 6.36 Å². The first-order valence-electron chi connectivity index (χ1n) is 7.75. The Labute approximate surface area is 162 Å². The van der Waals surface area contributed by atoms with Crippen LogP contribution < -0.4 is 15.4 Å². The van der Waals surface area contributed by atoms with E-state index in [1.54, 1.807) is 12.1 Å². The van der Waals surface area contributed by atoms with Gasteiger partial charge in [-0.3, -0.25) is 0 Å². The van der Waals surface area contributed by atoms with Crippen molar-refractivity contribution < 1.29 is 22.6 Å². The zero-order valence-corrected chi connectivity index (χ0v) is 16.5. The second-order valence-corrected chi connectivity index (χ2v) is 6.01. The molecule has 1 aromatic carbocycles. The molecule has 1 aromatic rings. The van der Waals surface area contributed by atoms with Crippen LogP contribution in [-0.4, -0.2) is 38.6 Å². The van der Waals surface area contributed by atoms with Crippen molar-refractivity contribution in [1.29, 1.82) is 0 Å².